The van der Waals surface area contributed by atoms with Gasteiger partial charge in [0.05, 0.1) is 6.20 Å². The molecule has 0 radical (unpaired) electrons. The fourth-order valence-corrected chi connectivity index (χ4v) is 1.61. The number of carbonyl (C=O) groups is 1. The highest BCUT2D eigenvalue weighted by molar-refractivity contribution is 5.89. The van der Waals surface area contributed by atoms with Crippen LogP contribution in [0.15, 0.2) is 37.1 Å². The number of carbonyl (C=O) groups excluding carboxylic acids is 1. The van der Waals surface area contributed by atoms with E-state index in [4.69, 9.17) is 4.74 Å². The molecule has 0 aliphatic heterocycles. The lowest BCUT2D eigenvalue weighted by Gasteiger charge is -2.04. The molecule has 0 unspecified atom stereocenters. The molecule has 0 spiro atoms. The van der Waals surface area contributed by atoms with E-state index in [9.17, 15) is 4.79 Å². The van der Waals surface area contributed by atoms with Crippen LogP contribution in [0.2, 0.25) is 0 Å². The Morgan fingerprint density at radius 2 is 2.21 bits per heavy atom. The standard InChI is InChI=1S/C12H9N5O2/c1-8-3-2-4-9(15-8)12(18)19-10-5-13-6-17-7-14-16-11(10)17/h2-7H,1H3. The summed E-state index contributed by atoms with van der Waals surface area (Å²) in [5, 5.41) is 7.58. The lowest BCUT2D eigenvalue weighted by atomic mass is 10.3. The molecule has 3 aromatic heterocycles. The normalized spacial score (nSPS) is 10.6. The lowest BCUT2D eigenvalue weighted by Crippen LogP contribution is -2.12. The van der Waals surface area contributed by atoms with Crippen molar-refractivity contribution >= 4 is 11.6 Å². The van der Waals surface area contributed by atoms with E-state index in [1.54, 1.807) is 29.5 Å². The molecule has 0 saturated carbocycles. The summed E-state index contributed by atoms with van der Waals surface area (Å²) in [4.78, 5) is 20.0. The zero-order valence-corrected chi connectivity index (χ0v) is 10.0. The second kappa shape index (κ2) is 4.45. The van der Waals surface area contributed by atoms with E-state index < -0.39 is 5.97 Å². The zero-order valence-electron chi connectivity index (χ0n) is 10.0. The van der Waals surface area contributed by atoms with Crippen LogP contribution < -0.4 is 4.74 Å². The number of pyridine rings is 1. The first-order chi connectivity index (χ1) is 9.24. The number of rotatable bonds is 2. The fourth-order valence-electron chi connectivity index (χ4n) is 1.61. The van der Waals surface area contributed by atoms with Gasteiger partial charge in [0.25, 0.3) is 0 Å². The minimum Gasteiger partial charge on any atom is -0.416 e. The Balaban J connectivity index is 1.93. The van der Waals surface area contributed by atoms with E-state index in [1.165, 1.54) is 18.9 Å². The maximum absolute atomic E-state index is 12.0. The maximum Gasteiger partial charge on any atom is 0.362 e. The first kappa shape index (κ1) is 11.3. The van der Waals surface area contributed by atoms with Gasteiger partial charge in [-0.25, -0.2) is 14.8 Å². The summed E-state index contributed by atoms with van der Waals surface area (Å²) in [5.74, 6) is -0.310. The lowest BCUT2D eigenvalue weighted by molar-refractivity contribution is 0.0729. The number of esters is 1. The third-order valence-corrected chi connectivity index (χ3v) is 2.48. The summed E-state index contributed by atoms with van der Waals surface area (Å²) in [6, 6.07) is 5.14. The molecule has 0 aliphatic rings. The third-order valence-electron chi connectivity index (χ3n) is 2.48. The molecule has 3 rings (SSSR count). The van der Waals surface area contributed by atoms with E-state index in [1.807, 2.05) is 0 Å². The second-order valence-electron chi connectivity index (χ2n) is 3.87. The maximum atomic E-state index is 12.0. The van der Waals surface area contributed by atoms with Crippen molar-refractivity contribution in [3.8, 4) is 5.75 Å². The molecule has 0 atom stereocenters. The van der Waals surface area contributed by atoms with Gasteiger partial charge in [0.2, 0.25) is 5.65 Å². The molecule has 3 aromatic rings. The molecule has 0 aromatic carbocycles. The van der Waals surface area contributed by atoms with Crippen molar-refractivity contribution in [3.05, 3.63) is 48.4 Å². The Bertz CT molecular complexity index is 752. The van der Waals surface area contributed by atoms with Crippen LogP contribution in [0.3, 0.4) is 0 Å². The Labute approximate surface area is 107 Å². The zero-order chi connectivity index (χ0) is 13.2. The largest absolute Gasteiger partial charge is 0.416 e. The Hall–Kier alpha value is -2.83. The van der Waals surface area contributed by atoms with E-state index in [0.717, 1.165) is 5.69 Å². The van der Waals surface area contributed by atoms with Gasteiger partial charge in [-0.15, -0.1) is 10.2 Å². The van der Waals surface area contributed by atoms with Gasteiger partial charge in [0.1, 0.15) is 18.3 Å². The number of nitrogens with zero attached hydrogens (tertiary/aromatic N) is 5. The molecule has 0 N–H and O–H groups in total. The molecule has 3 heterocycles. The quantitative estimate of drug-likeness (QED) is 0.636. The van der Waals surface area contributed by atoms with E-state index in [0.29, 0.717) is 5.65 Å². The SMILES string of the molecule is Cc1cccc(C(=O)Oc2cncn3cnnc23)n1. The van der Waals surface area contributed by atoms with Gasteiger partial charge in [-0.1, -0.05) is 6.07 Å². The molecule has 0 bridgehead atoms. The van der Waals surface area contributed by atoms with Crippen LogP contribution in [0.4, 0.5) is 0 Å². The van der Waals surface area contributed by atoms with Gasteiger partial charge < -0.3 is 4.74 Å². The van der Waals surface area contributed by atoms with Crippen LogP contribution in [0, 0.1) is 6.92 Å². The summed E-state index contributed by atoms with van der Waals surface area (Å²) in [6.07, 6.45) is 4.42. The van der Waals surface area contributed by atoms with Crippen molar-refractivity contribution in [2.24, 2.45) is 0 Å². The van der Waals surface area contributed by atoms with Crippen molar-refractivity contribution < 1.29 is 9.53 Å². The molecule has 7 heteroatoms. The highest BCUT2D eigenvalue weighted by atomic mass is 16.5. The van der Waals surface area contributed by atoms with Crippen molar-refractivity contribution in [2.75, 3.05) is 0 Å². The Morgan fingerprint density at radius 1 is 1.32 bits per heavy atom. The molecule has 7 nitrogen and oxygen atoms in total. The smallest absolute Gasteiger partial charge is 0.362 e. The molecular weight excluding hydrogens is 246 g/mol. The summed E-state index contributed by atoms with van der Waals surface area (Å²) < 4.78 is 6.80. The Morgan fingerprint density at radius 3 is 3.05 bits per heavy atom. The van der Waals surface area contributed by atoms with Crippen molar-refractivity contribution in [3.63, 3.8) is 0 Å². The predicted octanol–water partition coefficient (Wildman–Crippen LogP) is 1.05. The average molecular weight is 255 g/mol. The number of fused-ring (bicyclic) bond motifs is 1. The van der Waals surface area contributed by atoms with Gasteiger partial charge in [0.15, 0.2) is 5.75 Å². The van der Waals surface area contributed by atoms with E-state index in [2.05, 4.69) is 20.2 Å². The fraction of sp³-hybridized carbons (Fsp3) is 0.0833. The topological polar surface area (TPSA) is 82.3 Å². The van der Waals surface area contributed by atoms with Crippen LogP contribution in [0.1, 0.15) is 16.2 Å². The molecule has 19 heavy (non-hydrogen) atoms. The first-order valence-electron chi connectivity index (χ1n) is 5.53. The number of hydrogen-bond donors (Lipinski definition) is 0. The van der Waals surface area contributed by atoms with Crippen molar-refractivity contribution in [2.45, 2.75) is 6.92 Å². The predicted molar refractivity (Wildman–Crippen MR) is 64.7 cm³/mol. The van der Waals surface area contributed by atoms with Gasteiger partial charge in [0, 0.05) is 5.69 Å². The highest BCUT2D eigenvalue weighted by Crippen LogP contribution is 2.16. The molecule has 0 amide bonds. The van der Waals surface area contributed by atoms with Crippen LogP contribution in [0.5, 0.6) is 5.75 Å². The minimum absolute atomic E-state index is 0.238. The molecule has 94 valence electrons. The van der Waals surface area contributed by atoms with Gasteiger partial charge >= 0.3 is 5.97 Å². The van der Waals surface area contributed by atoms with Gasteiger partial charge in [-0.3, -0.25) is 4.40 Å². The summed E-state index contributed by atoms with van der Waals surface area (Å²) in [7, 11) is 0. The van der Waals surface area contributed by atoms with E-state index in [-0.39, 0.29) is 11.4 Å². The van der Waals surface area contributed by atoms with E-state index >= 15 is 0 Å². The molecule has 0 saturated heterocycles. The number of ether oxygens (including phenoxy) is 1. The van der Waals surface area contributed by atoms with Crippen LogP contribution in [-0.2, 0) is 0 Å². The number of hydrogen-bond acceptors (Lipinski definition) is 6. The number of aryl methyl sites for hydroxylation is 1. The summed E-state index contributed by atoms with van der Waals surface area (Å²) in [6.45, 7) is 1.80. The van der Waals surface area contributed by atoms with Crippen molar-refractivity contribution in [1.29, 1.82) is 0 Å². The first-order valence-corrected chi connectivity index (χ1v) is 5.53. The monoisotopic (exact) mass is 255 g/mol. The minimum atomic E-state index is -0.554. The van der Waals surface area contributed by atoms with Crippen LogP contribution in [-0.4, -0.2) is 30.5 Å². The average Bonchev–Trinajstić information content (AvgIpc) is 2.88. The molecule has 0 aliphatic carbocycles. The van der Waals surface area contributed by atoms with Crippen LogP contribution in [0.25, 0.3) is 5.65 Å². The van der Waals surface area contributed by atoms with Crippen LogP contribution >= 0.6 is 0 Å². The molecular formula is C12H9N5O2. The summed E-state index contributed by atoms with van der Waals surface area (Å²) in [5.41, 5.74) is 1.41. The molecule has 0 fully saturated rings. The van der Waals surface area contributed by atoms with Gasteiger partial charge in [-0.2, -0.15) is 0 Å². The van der Waals surface area contributed by atoms with Gasteiger partial charge in [-0.05, 0) is 19.1 Å². The van der Waals surface area contributed by atoms with Crippen molar-refractivity contribution in [1.82, 2.24) is 24.6 Å². The number of aromatic nitrogens is 5. The summed E-state index contributed by atoms with van der Waals surface area (Å²) >= 11 is 0. The Kier molecular flexibility index (Phi) is 2.64. The highest BCUT2D eigenvalue weighted by Gasteiger charge is 2.13. The third kappa shape index (κ3) is 2.13. The second-order valence-corrected chi connectivity index (χ2v) is 3.87.